The number of unbranched alkanes of at least 4 members (excludes halogenated alkanes) is 1. The van der Waals surface area contributed by atoms with Gasteiger partial charge < -0.3 is 0 Å². The largest absolute Gasteiger partial charge is 0.252 e. The zero-order valence-corrected chi connectivity index (χ0v) is 10.3. The predicted octanol–water partition coefficient (Wildman–Crippen LogP) is 4.11. The van der Waals surface area contributed by atoms with Gasteiger partial charge in [0.05, 0.1) is 6.10 Å². The van der Waals surface area contributed by atoms with E-state index in [0.717, 1.165) is 18.8 Å². The minimum absolute atomic E-state index is 0.0327. The Morgan fingerprint density at radius 1 is 1.07 bits per heavy atom. The molecule has 0 heterocycles. The number of hydrogen-bond acceptors (Lipinski definition) is 2. The highest BCUT2D eigenvalue weighted by molar-refractivity contribution is 4.73. The van der Waals surface area contributed by atoms with Crippen LogP contribution in [0.4, 0.5) is 0 Å². The summed E-state index contributed by atoms with van der Waals surface area (Å²) in [6.07, 6.45) is 4.55. The molecule has 0 saturated heterocycles. The first-order valence-corrected chi connectivity index (χ1v) is 5.68. The highest BCUT2D eigenvalue weighted by Crippen LogP contribution is 2.26. The summed E-state index contributed by atoms with van der Waals surface area (Å²) in [6, 6.07) is 0. The summed E-state index contributed by atoms with van der Waals surface area (Å²) in [5.74, 6) is 0.776. The van der Waals surface area contributed by atoms with Crippen molar-refractivity contribution in [2.45, 2.75) is 66.4 Å². The first-order chi connectivity index (χ1) is 6.38. The molecule has 1 unspecified atom stereocenters. The first kappa shape index (κ1) is 13.9. The lowest BCUT2D eigenvalue weighted by molar-refractivity contribution is -0.300. The van der Waals surface area contributed by atoms with Crippen molar-refractivity contribution in [3.63, 3.8) is 0 Å². The molecule has 0 aromatic heterocycles. The van der Waals surface area contributed by atoms with E-state index in [2.05, 4.69) is 39.5 Å². The van der Waals surface area contributed by atoms with E-state index in [1.807, 2.05) is 0 Å². The second-order valence-corrected chi connectivity index (χ2v) is 5.64. The van der Waals surface area contributed by atoms with Crippen molar-refractivity contribution in [3.8, 4) is 0 Å². The van der Waals surface area contributed by atoms with Gasteiger partial charge in [0.25, 0.3) is 0 Å². The SMILES string of the molecule is CC(C)CCCCC(OO)C(C)(C)C. The Morgan fingerprint density at radius 2 is 1.57 bits per heavy atom. The van der Waals surface area contributed by atoms with Crippen LogP contribution in [0.2, 0.25) is 0 Å². The zero-order valence-electron chi connectivity index (χ0n) is 10.3. The lowest BCUT2D eigenvalue weighted by Crippen LogP contribution is -2.28. The van der Waals surface area contributed by atoms with Crippen molar-refractivity contribution in [1.29, 1.82) is 0 Å². The standard InChI is InChI=1S/C12H26O2/c1-10(2)8-6-7-9-11(14-13)12(3,4)5/h10-11,13H,6-9H2,1-5H3. The van der Waals surface area contributed by atoms with E-state index in [-0.39, 0.29) is 11.5 Å². The van der Waals surface area contributed by atoms with Crippen LogP contribution < -0.4 is 0 Å². The van der Waals surface area contributed by atoms with Crippen molar-refractivity contribution >= 4 is 0 Å². The summed E-state index contributed by atoms with van der Waals surface area (Å²) in [5.41, 5.74) is 0.0343. The van der Waals surface area contributed by atoms with Crippen LogP contribution in [0.5, 0.6) is 0 Å². The molecule has 0 aliphatic carbocycles. The number of rotatable bonds is 6. The monoisotopic (exact) mass is 202 g/mol. The zero-order chi connectivity index (χ0) is 11.2. The second kappa shape index (κ2) is 6.41. The van der Waals surface area contributed by atoms with Gasteiger partial charge in [0.15, 0.2) is 0 Å². The molecule has 2 heteroatoms. The molecule has 1 N–H and O–H groups in total. The maximum Gasteiger partial charge on any atom is 0.0975 e. The summed E-state index contributed by atoms with van der Waals surface area (Å²) in [4.78, 5) is 4.52. The van der Waals surface area contributed by atoms with Crippen LogP contribution in [0.3, 0.4) is 0 Å². The molecule has 0 rings (SSSR count). The minimum atomic E-state index is -0.0327. The van der Waals surface area contributed by atoms with Gasteiger partial charge in [-0.05, 0) is 17.8 Å². The highest BCUT2D eigenvalue weighted by atomic mass is 17.1. The Morgan fingerprint density at radius 3 is 1.93 bits per heavy atom. The molecule has 0 aromatic rings. The lowest BCUT2D eigenvalue weighted by atomic mass is 9.86. The quantitative estimate of drug-likeness (QED) is 0.399. The average Bonchev–Trinajstić information content (AvgIpc) is 2.01. The summed E-state index contributed by atoms with van der Waals surface area (Å²) in [7, 11) is 0. The predicted molar refractivity (Wildman–Crippen MR) is 60.3 cm³/mol. The normalized spacial score (nSPS) is 14.8. The molecule has 14 heavy (non-hydrogen) atoms. The molecule has 0 bridgehead atoms. The van der Waals surface area contributed by atoms with Crippen LogP contribution in [0.15, 0.2) is 0 Å². The molecular formula is C12H26O2. The molecule has 0 radical (unpaired) electrons. The van der Waals surface area contributed by atoms with Crippen LogP contribution in [0.25, 0.3) is 0 Å². The van der Waals surface area contributed by atoms with Crippen molar-refractivity contribution in [3.05, 3.63) is 0 Å². The third-order valence-corrected chi connectivity index (χ3v) is 2.59. The van der Waals surface area contributed by atoms with Gasteiger partial charge in [0.2, 0.25) is 0 Å². The Labute approximate surface area is 88.6 Å². The fourth-order valence-electron chi connectivity index (χ4n) is 1.53. The smallest absolute Gasteiger partial charge is 0.0975 e. The van der Waals surface area contributed by atoms with Crippen LogP contribution in [-0.4, -0.2) is 11.4 Å². The second-order valence-electron chi connectivity index (χ2n) is 5.64. The van der Waals surface area contributed by atoms with Crippen LogP contribution in [0.1, 0.15) is 60.3 Å². The molecule has 0 fully saturated rings. The molecule has 0 aromatic carbocycles. The van der Waals surface area contributed by atoms with Gasteiger partial charge >= 0.3 is 0 Å². The molecular weight excluding hydrogens is 176 g/mol. The van der Waals surface area contributed by atoms with Gasteiger partial charge in [0, 0.05) is 0 Å². The third-order valence-electron chi connectivity index (χ3n) is 2.59. The maximum atomic E-state index is 8.77. The van der Waals surface area contributed by atoms with E-state index in [1.54, 1.807) is 0 Å². The summed E-state index contributed by atoms with van der Waals surface area (Å²) >= 11 is 0. The Bertz CT molecular complexity index is 136. The molecule has 0 aliphatic heterocycles. The van der Waals surface area contributed by atoms with Crippen molar-refractivity contribution in [1.82, 2.24) is 0 Å². The molecule has 0 spiro atoms. The van der Waals surface area contributed by atoms with Crippen LogP contribution in [0, 0.1) is 11.3 Å². The Hall–Kier alpha value is -0.0800. The molecule has 0 amide bonds. The Kier molecular flexibility index (Phi) is 6.38. The van der Waals surface area contributed by atoms with Gasteiger partial charge in [0.1, 0.15) is 0 Å². The minimum Gasteiger partial charge on any atom is -0.252 e. The highest BCUT2D eigenvalue weighted by Gasteiger charge is 2.25. The number of hydrogen-bond donors (Lipinski definition) is 1. The maximum absolute atomic E-state index is 8.77. The fourth-order valence-corrected chi connectivity index (χ4v) is 1.53. The first-order valence-electron chi connectivity index (χ1n) is 5.68. The van der Waals surface area contributed by atoms with Gasteiger partial charge in [-0.1, -0.05) is 53.9 Å². The van der Waals surface area contributed by atoms with E-state index in [0.29, 0.717) is 0 Å². The fraction of sp³-hybridized carbons (Fsp3) is 1.00. The molecule has 0 aliphatic rings. The third kappa shape index (κ3) is 6.39. The summed E-state index contributed by atoms with van der Waals surface area (Å²) < 4.78 is 0. The van der Waals surface area contributed by atoms with Crippen molar-refractivity contribution < 1.29 is 10.1 Å². The average molecular weight is 202 g/mol. The molecule has 86 valence electrons. The van der Waals surface area contributed by atoms with Crippen molar-refractivity contribution in [2.24, 2.45) is 11.3 Å². The Balaban J connectivity index is 3.64. The molecule has 2 nitrogen and oxygen atoms in total. The molecule has 1 atom stereocenters. The van der Waals surface area contributed by atoms with E-state index < -0.39 is 0 Å². The topological polar surface area (TPSA) is 29.5 Å². The van der Waals surface area contributed by atoms with Crippen molar-refractivity contribution in [2.75, 3.05) is 0 Å². The van der Waals surface area contributed by atoms with E-state index in [9.17, 15) is 0 Å². The van der Waals surface area contributed by atoms with Gasteiger partial charge in [-0.25, -0.2) is 4.89 Å². The van der Waals surface area contributed by atoms with E-state index in [4.69, 9.17) is 5.26 Å². The van der Waals surface area contributed by atoms with Crippen LogP contribution in [-0.2, 0) is 4.89 Å². The van der Waals surface area contributed by atoms with Crippen LogP contribution >= 0.6 is 0 Å². The van der Waals surface area contributed by atoms with Gasteiger partial charge in [-0.3, -0.25) is 5.26 Å². The lowest BCUT2D eigenvalue weighted by Gasteiger charge is -2.27. The van der Waals surface area contributed by atoms with Gasteiger partial charge in [-0.2, -0.15) is 0 Å². The van der Waals surface area contributed by atoms with E-state index in [1.165, 1.54) is 12.8 Å². The van der Waals surface area contributed by atoms with Gasteiger partial charge in [-0.15, -0.1) is 0 Å². The summed E-state index contributed by atoms with van der Waals surface area (Å²) in [6.45, 7) is 10.8. The molecule has 0 saturated carbocycles. The van der Waals surface area contributed by atoms with E-state index >= 15 is 0 Å². The summed E-state index contributed by atoms with van der Waals surface area (Å²) in [5, 5.41) is 8.77.